The molecule has 0 heterocycles. The van der Waals surface area contributed by atoms with Crippen molar-refractivity contribution in [2.75, 3.05) is 25.6 Å². The second kappa shape index (κ2) is 7.41. The van der Waals surface area contributed by atoms with Crippen LogP contribution in [0.4, 0.5) is 5.69 Å². The van der Waals surface area contributed by atoms with Gasteiger partial charge in [-0.15, -0.1) is 0 Å². The summed E-state index contributed by atoms with van der Waals surface area (Å²) in [6, 6.07) is 13.2. The Kier molecular flexibility index (Phi) is 5.56. The van der Waals surface area contributed by atoms with Crippen LogP contribution in [0.25, 0.3) is 0 Å². The predicted octanol–water partition coefficient (Wildman–Crippen LogP) is 4.60. The minimum absolute atomic E-state index is 0.551. The highest BCUT2D eigenvalue weighted by molar-refractivity contribution is 9.10. The first kappa shape index (κ1) is 15.0. The summed E-state index contributed by atoms with van der Waals surface area (Å²) < 4.78 is 11.8. The summed E-state index contributed by atoms with van der Waals surface area (Å²) >= 11 is 9.49. The van der Waals surface area contributed by atoms with Gasteiger partial charge in [-0.25, -0.2) is 0 Å². The highest BCUT2D eigenvalue weighted by Crippen LogP contribution is 2.26. The van der Waals surface area contributed by atoms with Crippen LogP contribution < -0.4 is 14.8 Å². The van der Waals surface area contributed by atoms with Crippen LogP contribution in [-0.2, 0) is 0 Å². The number of hydrogen-bond donors (Lipinski definition) is 1. The van der Waals surface area contributed by atoms with Gasteiger partial charge in [-0.2, -0.15) is 0 Å². The maximum atomic E-state index is 6.10. The molecule has 0 aliphatic carbocycles. The van der Waals surface area contributed by atoms with Crippen molar-refractivity contribution in [2.45, 2.75) is 0 Å². The maximum absolute atomic E-state index is 6.10. The Morgan fingerprint density at radius 1 is 1.10 bits per heavy atom. The lowest BCUT2D eigenvalue weighted by Gasteiger charge is -2.11. The van der Waals surface area contributed by atoms with Gasteiger partial charge in [0.1, 0.15) is 18.1 Å². The van der Waals surface area contributed by atoms with E-state index in [1.165, 1.54) is 0 Å². The van der Waals surface area contributed by atoms with Gasteiger partial charge in [0.25, 0.3) is 0 Å². The van der Waals surface area contributed by atoms with Crippen LogP contribution in [0.1, 0.15) is 0 Å². The molecule has 5 heteroatoms. The lowest BCUT2D eigenvalue weighted by Crippen LogP contribution is -2.11. The average Bonchev–Trinajstić information content (AvgIpc) is 2.47. The topological polar surface area (TPSA) is 30.5 Å². The van der Waals surface area contributed by atoms with Gasteiger partial charge in [0.05, 0.1) is 17.8 Å². The Morgan fingerprint density at radius 3 is 2.50 bits per heavy atom. The molecular formula is C15H15BrClNO2. The quantitative estimate of drug-likeness (QED) is 0.767. The number of hydrogen-bond acceptors (Lipinski definition) is 3. The molecule has 0 saturated carbocycles. The average molecular weight is 357 g/mol. The fourth-order valence-electron chi connectivity index (χ4n) is 1.65. The van der Waals surface area contributed by atoms with Crippen LogP contribution >= 0.6 is 27.5 Å². The number of methoxy groups -OCH3 is 1. The normalized spacial score (nSPS) is 10.2. The van der Waals surface area contributed by atoms with Gasteiger partial charge in [-0.3, -0.25) is 0 Å². The van der Waals surface area contributed by atoms with Crippen molar-refractivity contribution < 1.29 is 9.47 Å². The van der Waals surface area contributed by atoms with Crippen molar-refractivity contribution in [1.29, 1.82) is 0 Å². The van der Waals surface area contributed by atoms with Crippen molar-refractivity contribution >= 4 is 33.2 Å². The van der Waals surface area contributed by atoms with Crippen molar-refractivity contribution in [3.8, 4) is 11.5 Å². The molecule has 3 nitrogen and oxygen atoms in total. The van der Waals surface area contributed by atoms with Crippen LogP contribution in [0, 0.1) is 0 Å². The Hall–Kier alpha value is -1.39. The Morgan fingerprint density at radius 2 is 1.80 bits per heavy atom. The van der Waals surface area contributed by atoms with E-state index in [1.54, 1.807) is 13.2 Å². The molecule has 2 aromatic rings. The third-order valence-corrected chi connectivity index (χ3v) is 3.53. The van der Waals surface area contributed by atoms with Crippen molar-refractivity contribution in [3.05, 3.63) is 52.0 Å². The molecule has 0 aliphatic rings. The van der Waals surface area contributed by atoms with Crippen molar-refractivity contribution in [2.24, 2.45) is 0 Å². The van der Waals surface area contributed by atoms with E-state index in [0.717, 1.165) is 21.7 Å². The lowest BCUT2D eigenvalue weighted by atomic mass is 10.3. The van der Waals surface area contributed by atoms with Crippen LogP contribution in [0.5, 0.6) is 11.5 Å². The monoisotopic (exact) mass is 355 g/mol. The number of halogens is 2. The first-order valence-corrected chi connectivity index (χ1v) is 7.32. The summed E-state index contributed by atoms with van der Waals surface area (Å²) in [5.41, 5.74) is 0.838. The number of nitrogens with one attached hydrogen (secondary N) is 1. The Bertz CT molecular complexity index is 560. The van der Waals surface area contributed by atoms with E-state index in [9.17, 15) is 0 Å². The molecule has 0 spiro atoms. The standard InChI is InChI=1S/C15H15BrClNO2/c1-19-13-6-7-14(17)15(10-13)18-8-9-20-12-4-2-11(16)3-5-12/h2-7,10,18H,8-9H2,1H3. The molecule has 0 bridgehead atoms. The van der Waals surface area contributed by atoms with Crippen molar-refractivity contribution in [1.82, 2.24) is 0 Å². The van der Waals surface area contributed by atoms with E-state index < -0.39 is 0 Å². The number of anilines is 1. The first-order valence-electron chi connectivity index (χ1n) is 6.15. The second-order valence-corrected chi connectivity index (χ2v) is 5.40. The fraction of sp³-hybridized carbons (Fsp3) is 0.200. The summed E-state index contributed by atoms with van der Waals surface area (Å²) in [5.74, 6) is 1.61. The second-order valence-electron chi connectivity index (χ2n) is 4.07. The van der Waals surface area contributed by atoms with Crippen molar-refractivity contribution in [3.63, 3.8) is 0 Å². The van der Waals surface area contributed by atoms with Crippen LogP contribution in [0.2, 0.25) is 5.02 Å². The van der Waals surface area contributed by atoms with Gasteiger partial charge < -0.3 is 14.8 Å². The maximum Gasteiger partial charge on any atom is 0.121 e. The zero-order valence-corrected chi connectivity index (χ0v) is 13.4. The summed E-state index contributed by atoms with van der Waals surface area (Å²) in [5, 5.41) is 3.88. The molecular weight excluding hydrogens is 342 g/mol. The lowest BCUT2D eigenvalue weighted by molar-refractivity contribution is 0.333. The number of benzene rings is 2. The molecule has 2 aromatic carbocycles. The summed E-state index contributed by atoms with van der Waals surface area (Å²) in [4.78, 5) is 0. The van der Waals surface area contributed by atoms with E-state index in [4.69, 9.17) is 21.1 Å². The van der Waals surface area contributed by atoms with Gasteiger partial charge in [-0.05, 0) is 36.4 Å². The van der Waals surface area contributed by atoms with E-state index in [1.807, 2.05) is 36.4 Å². The van der Waals surface area contributed by atoms with E-state index in [-0.39, 0.29) is 0 Å². The minimum Gasteiger partial charge on any atom is -0.497 e. The molecule has 0 aromatic heterocycles. The van der Waals surface area contributed by atoms with Crippen LogP contribution in [-0.4, -0.2) is 20.3 Å². The summed E-state index contributed by atoms with van der Waals surface area (Å²) in [6.45, 7) is 1.21. The molecule has 106 valence electrons. The van der Waals surface area contributed by atoms with Gasteiger partial charge in [0.2, 0.25) is 0 Å². The molecule has 0 saturated heterocycles. The Balaban J connectivity index is 1.82. The fourth-order valence-corrected chi connectivity index (χ4v) is 2.10. The Labute approximate surface area is 132 Å². The highest BCUT2D eigenvalue weighted by atomic mass is 79.9. The third kappa shape index (κ3) is 4.32. The van der Waals surface area contributed by atoms with Gasteiger partial charge >= 0.3 is 0 Å². The minimum atomic E-state index is 0.551. The van der Waals surface area contributed by atoms with Crippen LogP contribution in [0.15, 0.2) is 46.9 Å². The zero-order chi connectivity index (χ0) is 14.4. The molecule has 0 fully saturated rings. The molecule has 0 radical (unpaired) electrons. The van der Waals surface area contributed by atoms with Gasteiger partial charge in [-0.1, -0.05) is 27.5 Å². The summed E-state index contributed by atoms with van der Waals surface area (Å²) in [6.07, 6.45) is 0. The highest BCUT2D eigenvalue weighted by Gasteiger charge is 2.02. The van der Waals surface area contributed by atoms with E-state index in [0.29, 0.717) is 18.2 Å². The molecule has 1 N–H and O–H groups in total. The molecule has 0 unspecified atom stereocenters. The summed E-state index contributed by atoms with van der Waals surface area (Å²) in [7, 11) is 1.63. The predicted molar refractivity (Wildman–Crippen MR) is 86.1 cm³/mol. The molecule has 0 aliphatic heterocycles. The van der Waals surface area contributed by atoms with E-state index >= 15 is 0 Å². The third-order valence-electron chi connectivity index (χ3n) is 2.67. The smallest absolute Gasteiger partial charge is 0.121 e. The number of ether oxygens (including phenoxy) is 2. The molecule has 20 heavy (non-hydrogen) atoms. The largest absolute Gasteiger partial charge is 0.497 e. The zero-order valence-electron chi connectivity index (χ0n) is 11.0. The first-order chi connectivity index (χ1) is 9.69. The van der Waals surface area contributed by atoms with Gasteiger partial charge in [0, 0.05) is 17.1 Å². The number of rotatable bonds is 6. The van der Waals surface area contributed by atoms with Crippen LogP contribution in [0.3, 0.4) is 0 Å². The SMILES string of the molecule is COc1ccc(Cl)c(NCCOc2ccc(Br)cc2)c1. The molecule has 0 atom stereocenters. The molecule has 0 amide bonds. The van der Waals surface area contributed by atoms with E-state index in [2.05, 4.69) is 21.2 Å². The molecule has 2 rings (SSSR count). The van der Waals surface area contributed by atoms with Gasteiger partial charge in [0.15, 0.2) is 0 Å².